The molecule has 1 aromatic carbocycles. The van der Waals surface area contributed by atoms with E-state index in [9.17, 15) is 18.0 Å². The van der Waals surface area contributed by atoms with Crippen LogP contribution in [0.4, 0.5) is 29.2 Å². The number of carbonyl (C=O) groups is 1. The van der Waals surface area contributed by atoms with Crippen LogP contribution in [0.5, 0.6) is 11.8 Å². The zero-order valence-corrected chi connectivity index (χ0v) is 27.2. The molecule has 2 bridgehead atoms. The third kappa shape index (κ3) is 4.62. The van der Waals surface area contributed by atoms with Crippen LogP contribution in [0.1, 0.15) is 50.2 Å². The Morgan fingerprint density at radius 2 is 2.04 bits per heavy atom. The van der Waals surface area contributed by atoms with Crippen LogP contribution < -0.4 is 20.1 Å². The van der Waals surface area contributed by atoms with Gasteiger partial charge in [-0.1, -0.05) is 23.8 Å². The summed E-state index contributed by atoms with van der Waals surface area (Å²) in [6, 6.07) is 0.231. The quantitative estimate of drug-likeness (QED) is 0.280. The van der Waals surface area contributed by atoms with E-state index in [4.69, 9.17) is 31.8 Å². The van der Waals surface area contributed by atoms with Gasteiger partial charge in [0.15, 0.2) is 11.6 Å². The topological polar surface area (TPSA) is 110 Å². The maximum atomic E-state index is 17.0. The van der Waals surface area contributed by atoms with Crippen LogP contribution in [0, 0.1) is 12.7 Å². The predicted molar refractivity (Wildman–Crippen MR) is 171 cm³/mol. The fourth-order valence-corrected chi connectivity index (χ4v) is 9.20. The largest absolute Gasteiger partial charge is 0.489 e. The van der Waals surface area contributed by atoms with Gasteiger partial charge in [0.2, 0.25) is 5.91 Å². The maximum absolute atomic E-state index is 17.0. The molecule has 5 aliphatic heterocycles. The van der Waals surface area contributed by atoms with Crippen molar-refractivity contribution in [2.24, 2.45) is 0 Å². The van der Waals surface area contributed by atoms with Crippen molar-refractivity contribution in [3.63, 3.8) is 0 Å². The second-order valence-corrected chi connectivity index (χ2v) is 14.1. The number of aryl methyl sites for hydroxylation is 1. The Kier molecular flexibility index (Phi) is 7.05. The van der Waals surface area contributed by atoms with Crippen LogP contribution in [-0.2, 0) is 11.0 Å². The van der Waals surface area contributed by atoms with Crippen molar-refractivity contribution >= 4 is 40.0 Å². The van der Waals surface area contributed by atoms with Gasteiger partial charge in [0.05, 0.1) is 44.9 Å². The number of anilines is 2. The van der Waals surface area contributed by atoms with Crippen molar-refractivity contribution < 1.29 is 31.8 Å². The van der Waals surface area contributed by atoms with Crippen molar-refractivity contribution in [2.45, 2.75) is 75.8 Å². The number of piperazine rings is 1. The van der Waals surface area contributed by atoms with Gasteiger partial charge in [-0.15, -0.1) is 0 Å². The van der Waals surface area contributed by atoms with Crippen LogP contribution in [0.25, 0.3) is 22.2 Å². The van der Waals surface area contributed by atoms with E-state index in [2.05, 4.69) is 21.4 Å². The number of benzene rings is 1. The van der Waals surface area contributed by atoms with E-state index in [1.54, 1.807) is 0 Å². The molecule has 0 spiro atoms. The number of nitrogens with two attached hydrogens (primary N) is 1. The zero-order valence-electron chi connectivity index (χ0n) is 26.5. The van der Waals surface area contributed by atoms with Crippen LogP contribution in [0.2, 0.25) is 5.02 Å². The number of fused-ring (bicyclic) bond motifs is 6. The number of alkyl halides is 3. The standard InChI is InChI=1S/C33H34ClF4N7O3/c1-15-10-32(7-4-8-43(32)11-15)14-48-31-41-28-23-29(25(34)22(26(28)35)27-24(33(36,37)38)16(2)9-21(39)40-27)47-13-20-19-6-5-18(45(19)17(3)46)12-44(20)30(23)42-31/h9,18-20H,1,4-8,10-14H2,2-3H3,(H2,39,40)/t18-,19+,20-,32+/m1/s1. The van der Waals surface area contributed by atoms with Crippen molar-refractivity contribution in [1.29, 1.82) is 0 Å². The molecule has 15 heteroatoms. The monoisotopic (exact) mass is 687 g/mol. The number of amides is 1. The van der Waals surface area contributed by atoms with E-state index in [0.29, 0.717) is 12.4 Å². The minimum Gasteiger partial charge on any atom is -0.489 e. The SMILES string of the molecule is C=C1CN2CCC[C@@]2(COc2nc3c4c(c(Cl)c(-c5nc(N)cc(C)c5C(F)(F)F)c(F)c4n2)OC[C@@H]2[C@@H]4CC[C@H](CN32)N4C(C)=O)C1. The number of aromatic nitrogens is 3. The molecule has 254 valence electrons. The first-order valence-corrected chi connectivity index (χ1v) is 16.5. The molecule has 4 atom stereocenters. The van der Waals surface area contributed by atoms with E-state index in [-0.39, 0.29) is 70.8 Å². The Bertz CT molecular complexity index is 1910. The molecule has 0 radical (unpaired) electrons. The highest BCUT2D eigenvalue weighted by Gasteiger charge is 2.51. The van der Waals surface area contributed by atoms with E-state index in [1.165, 1.54) is 13.8 Å². The summed E-state index contributed by atoms with van der Waals surface area (Å²) in [5, 5.41) is -0.282. The highest BCUT2D eigenvalue weighted by atomic mass is 35.5. The Hall–Kier alpha value is -3.91. The van der Waals surface area contributed by atoms with Crippen LogP contribution in [-0.4, -0.2) is 87.2 Å². The van der Waals surface area contributed by atoms with Crippen molar-refractivity contribution in [1.82, 2.24) is 24.8 Å². The molecule has 4 fully saturated rings. The number of carbonyl (C=O) groups excluding carboxylic acids is 1. The second kappa shape index (κ2) is 10.8. The minimum absolute atomic E-state index is 0.0172. The number of ether oxygens (including phenoxy) is 2. The summed E-state index contributed by atoms with van der Waals surface area (Å²) in [6.07, 6.45) is -0.774. The number of rotatable bonds is 4. The molecule has 0 aliphatic carbocycles. The number of hydrogen-bond acceptors (Lipinski definition) is 9. The number of nitrogen functional groups attached to an aromatic ring is 1. The van der Waals surface area contributed by atoms with Crippen molar-refractivity contribution in [3.8, 4) is 23.0 Å². The van der Waals surface area contributed by atoms with Gasteiger partial charge in [-0.25, -0.2) is 9.37 Å². The predicted octanol–water partition coefficient (Wildman–Crippen LogP) is 5.53. The summed E-state index contributed by atoms with van der Waals surface area (Å²) in [5.41, 5.74) is 3.61. The second-order valence-electron chi connectivity index (χ2n) is 13.7. The lowest BCUT2D eigenvalue weighted by molar-refractivity contribution is -0.137. The highest BCUT2D eigenvalue weighted by Crippen LogP contribution is 2.52. The molecular weight excluding hydrogens is 654 g/mol. The number of nitrogens with zero attached hydrogens (tertiary/aromatic N) is 6. The highest BCUT2D eigenvalue weighted by molar-refractivity contribution is 6.36. The molecule has 2 N–H and O–H groups in total. The minimum atomic E-state index is -4.90. The first-order valence-electron chi connectivity index (χ1n) is 16.1. The van der Waals surface area contributed by atoms with Gasteiger partial charge in [-0.05, 0) is 57.2 Å². The van der Waals surface area contributed by atoms with Gasteiger partial charge in [-0.3, -0.25) is 9.69 Å². The Morgan fingerprint density at radius 1 is 1.25 bits per heavy atom. The summed E-state index contributed by atoms with van der Waals surface area (Å²) in [4.78, 5) is 32.2. The first-order chi connectivity index (χ1) is 22.8. The lowest BCUT2D eigenvalue weighted by Gasteiger charge is -2.46. The fraction of sp³-hybridized carbons (Fsp3) is 0.515. The van der Waals surface area contributed by atoms with Gasteiger partial charge in [0.1, 0.15) is 30.4 Å². The first kappa shape index (κ1) is 31.4. The molecule has 0 unspecified atom stereocenters. The van der Waals surface area contributed by atoms with Crippen molar-refractivity contribution in [2.75, 3.05) is 43.5 Å². The molecule has 1 amide bonds. The molecule has 3 aromatic rings. The Morgan fingerprint density at radius 3 is 2.79 bits per heavy atom. The van der Waals surface area contributed by atoms with Gasteiger partial charge >= 0.3 is 12.2 Å². The zero-order chi connectivity index (χ0) is 33.9. The smallest absolute Gasteiger partial charge is 0.418 e. The van der Waals surface area contributed by atoms with Gasteiger partial charge < -0.3 is 25.0 Å². The summed E-state index contributed by atoms with van der Waals surface area (Å²) in [5.74, 6) is -1.19. The summed E-state index contributed by atoms with van der Waals surface area (Å²) in [6.45, 7) is 9.24. The van der Waals surface area contributed by atoms with Crippen LogP contribution in [0.3, 0.4) is 0 Å². The molecule has 7 heterocycles. The molecule has 10 nitrogen and oxygen atoms in total. The van der Waals surface area contributed by atoms with E-state index in [0.717, 1.165) is 56.8 Å². The van der Waals surface area contributed by atoms with Gasteiger partial charge in [0.25, 0.3) is 0 Å². The summed E-state index contributed by atoms with van der Waals surface area (Å²) >= 11 is 6.85. The van der Waals surface area contributed by atoms with E-state index < -0.39 is 39.9 Å². The normalized spacial score (nSPS) is 26.5. The van der Waals surface area contributed by atoms with Crippen LogP contribution >= 0.6 is 11.6 Å². The lowest BCUT2D eigenvalue weighted by Crippen LogP contribution is -2.62. The average molecular weight is 688 g/mol. The number of pyridine rings is 1. The number of hydrogen-bond donors (Lipinski definition) is 1. The Balaban J connectivity index is 1.34. The van der Waals surface area contributed by atoms with Crippen molar-refractivity contribution in [3.05, 3.63) is 40.2 Å². The molecule has 48 heavy (non-hydrogen) atoms. The third-order valence-corrected chi connectivity index (χ3v) is 11.1. The number of halogens is 5. The van der Waals surface area contributed by atoms with Gasteiger partial charge in [-0.2, -0.15) is 23.1 Å². The molecule has 8 rings (SSSR count). The maximum Gasteiger partial charge on any atom is 0.418 e. The summed E-state index contributed by atoms with van der Waals surface area (Å²) < 4.78 is 73.1. The average Bonchev–Trinajstić information content (AvgIpc) is 3.60. The van der Waals surface area contributed by atoms with E-state index >= 15 is 4.39 Å². The molecule has 2 aromatic heterocycles. The molecule has 5 aliphatic rings. The summed E-state index contributed by atoms with van der Waals surface area (Å²) in [7, 11) is 0. The molecule has 4 saturated heterocycles. The Labute approximate surface area is 278 Å². The molecule has 0 saturated carbocycles. The third-order valence-electron chi connectivity index (χ3n) is 10.7. The van der Waals surface area contributed by atoms with Gasteiger partial charge in [0, 0.05) is 26.1 Å². The van der Waals surface area contributed by atoms with E-state index in [1.807, 2.05) is 9.80 Å². The molecular formula is C33H34ClF4N7O3. The fourth-order valence-electron chi connectivity index (χ4n) is 8.88. The lowest BCUT2D eigenvalue weighted by atomic mass is 9.94. The van der Waals surface area contributed by atoms with Crippen LogP contribution in [0.15, 0.2) is 18.2 Å².